The third-order valence-electron chi connectivity index (χ3n) is 4.91. The molecule has 2 aliphatic rings. The molecule has 0 atom stereocenters. The molecule has 0 aromatic carbocycles. The zero-order valence-corrected chi connectivity index (χ0v) is 12.7. The number of ether oxygens (including phenoxy) is 1. The van der Waals surface area contributed by atoms with Gasteiger partial charge in [-0.1, -0.05) is 6.92 Å². The van der Waals surface area contributed by atoms with Crippen LogP contribution in [0.15, 0.2) is 0 Å². The van der Waals surface area contributed by atoms with Crippen LogP contribution in [0.3, 0.4) is 0 Å². The molecule has 20 heavy (non-hydrogen) atoms. The molecule has 0 saturated carbocycles. The van der Waals surface area contributed by atoms with Gasteiger partial charge in [-0.15, -0.1) is 0 Å². The maximum Gasteiger partial charge on any atom is 0.227 e. The van der Waals surface area contributed by atoms with E-state index >= 15 is 0 Å². The molecular formula is C15H29N3O2. The summed E-state index contributed by atoms with van der Waals surface area (Å²) in [7, 11) is 0. The van der Waals surface area contributed by atoms with Crippen LogP contribution in [0.4, 0.5) is 0 Å². The van der Waals surface area contributed by atoms with Gasteiger partial charge in [-0.2, -0.15) is 0 Å². The van der Waals surface area contributed by atoms with Gasteiger partial charge < -0.3 is 20.7 Å². The van der Waals surface area contributed by atoms with Gasteiger partial charge in [-0.3, -0.25) is 4.79 Å². The van der Waals surface area contributed by atoms with E-state index in [2.05, 4.69) is 17.1 Å². The predicted octanol–water partition coefficient (Wildman–Crippen LogP) is 0.590. The third-order valence-corrected chi connectivity index (χ3v) is 4.91. The van der Waals surface area contributed by atoms with Crippen molar-refractivity contribution in [1.29, 1.82) is 0 Å². The summed E-state index contributed by atoms with van der Waals surface area (Å²) >= 11 is 0. The second-order valence-electron chi connectivity index (χ2n) is 6.38. The number of likely N-dealkylation sites (tertiary alicyclic amines) is 1. The van der Waals surface area contributed by atoms with E-state index < -0.39 is 5.41 Å². The summed E-state index contributed by atoms with van der Waals surface area (Å²) in [4.78, 5) is 14.8. The Balaban J connectivity index is 1.71. The first-order valence-corrected chi connectivity index (χ1v) is 7.95. The van der Waals surface area contributed by atoms with Crippen molar-refractivity contribution in [3.05, 3.63) is 0 Å². The number of amides is 1. The molecule has 2 heterocycles. The van der Waals surface area contributed by atoms with Crippen molar-refractivity contribution >= 4 is 5.91 Å². The monoisotopic (exact) mass is 283 g/mol. The highest BCUT2D eigenvalue weighted by molar-refractivity contribution is 5.83. The second-order valence-corrected chi connectivity index (χ2v) is 6.38. The summed E-state index contributed by atoms with van der Waals surface area (Å²) in [6.07, 6.45) is 4.04. The van der Waals surface area contributed by atoms with E-state index in [4.69, 9.17) is 10.5 Å². The zero-order valence-electron chi connectivity index (χ0n) is 12.7. The molecule has 2 saturated heterocycles. The molecule has 2 fully saturated rings. The number of hydrogen-bond acceptors (Lipinski definition) is 4. The van der Waals surface area contributed by atoms with Gasteiger partial charge in [-0.25, -0.2) is 0 Å². The Labute approximate surface area is 122 Å². The van der Waals surface area contributed by atoms with Crippen LogP contribution in [0.2, 0.25) is 0 Å². The number of carbonyl (C=O) groups excluding carboxylic acids is 1. The summed E-state index contributed by atoms with van der Waals surface area (Å²) < 4.78 is 5.34. The lowest BCUT2D eigenvalue weighted by Crippen LogP contribution is -2.50. The van der Waals surface area contributed by atoms with Crippen LogP contribution >= 0.6 is 0 Å². The lowest BCUT2D eigenvalue weighted by molar-refractivity contribution is -0.135. The van der Waals surface area contributed by atoms with Crippen molar-refractivity contribution in [2.24, 2.45) is 17.1 Å². The van der Waals surface area contributed by atoms with Crippen molar-refractivity contribution in [1.82, 2.24) is 10.2 Å². The Morgan fingerprint density at radius 2 is 2.00 bits per heavy atom. The number of piperidine rings is 1. The van der Waals surface area contributed by atoms with Crippen LogP contribution < -0.4 is 11.1 Å². The van der Waals surface area contributed by atoms with Gasteiger partial charge >= 0.3 is 0 Å². The first kappa shape index (κ1) is 15.7. The van der Waals surface area contributed by atoms with Crippen LogP contribution in [0.5, 0.6) is 0 Å². The van der Waals surface area contributed by atoms with Crippen LogP contribution in [-0.4, -0.2) is 56.7 Å². The topological polar surface area (TPSA) is 67.6 Å². The van der Waals surface area contributed by atoms with Crippen molar-refractivity contribution in [3.8, 4) is 0 Å². The number of nitrogens with one attached hydrogen (secondary N) is 1. The molecular weight excluding hydrogens is 254 g/mol. The maximum absolute atomic E-state index is 12.4. The van der Waals surface area contributed by atoms with Gasteiger partial charge in [0.2, 0.25) is 5.91 Å². The summed E-state index contributed by atoms with van der Waals surface area (Å²) in [6.45, 7) is 8.03. The van der Waals surface area contributed by atoms with Gasteiger partial charge in [0.25, 0.3) is 0 Å². The molecule has 2 rings (SSSR count). The number of nitrogens with zero attached hydrogens (tertiary/aromatic N) is 1. The second kappa shape index (κ2) is 7.38. The summed E-state index contributed by atoms with van der Waals surface area (Å²) in [6, 6.07) is 0. The average molecular weight is 283 g/mol. The summed E-state index contributed by atoms with van der Waals surface area (Å²) in [5.41, 5.74) is 5.45. The summed E-state index contributed by atoms with van der Waals surface area (Å²) in [5.74, 6) is 0.970. The van der Waals surface area contributed by atoms with Gasteiger partial charge in [0.1, 0.15) is 0 Å². The first-order valence-electron chi connectivity index (χ1n) is 7.95. The largest absolute Gasteiger partial charge is 0.381 e. The molecule has 0 unspecified atom stereocenters. The fourth-order valence-electron chi connectivity index (χ4n) is 3.09. The molecule has 2 aliphatic heterocycles. The van der Waals surface area contributed by atoms with Gasteiger partial charge in [0.05, 0.1) is 5.41 Å². The van der Waals surface area contributed by atoms with Crippen LogP contribution in [0.1, 0.15) is 32.6 Å². The van der Waals surface area contributed by atoms with Crippen molar-refractivity contribution in [2.45, 2.75) is 32.6 Å². The fraction of sp³-hybridized carbons (Fsp3) is 0.933. The Bertz CT molecular complexity index is 308. The number of rotatable bonds is 5. The van der Waals surface area contributed by atoms with E-state index in [0.29, 0.717) is 19.8 Å². The highest BCUT2D eigenvalue weighted by Gasteiger charge is 2.38. The van der Waals surface area contributed by atoms with E-state index in [1.54, 1.807) is 0 Å². The molecule has 5 heteroatoms. The Morgan fingerprint density at radius 3 is 2.60 bits per heavy atom. The lowest BCUT2D eigenvalue weighted by Gasteiger charge is -2.35. The average Bonchev–Trinajstić information content (AvgIpc) is 2.50. The standard InChI is InChI=1S/C15H29N3O2/c1-13-2-7-18(8-3-13)9-6-17-14(19)15(12-16)4-10-20-11-5-15/h13H,2-12,16H2,1H3,(H,17,19). The highest BCUT2D eigenvalue weighted by Crippen LogP contribution is 2.29. The highest BCUT2D eigenvalue weighted by atomic mass is 16.5. The van der Waals surface area contributed by atoms with Crippen molar-refractivity contribution in [2.75, 3.05) is 45.9 Å². The van der Waals surface area contributed by atoms with E-state index in [-0.39, 0.29) is 5.91 Å². The molecule has 116 valence electrons. The predicted molar refractivity (Wildman–Crippen MR) is 79.4 cm³/mol. The molecule has 0 spiro atoms. The smallest absolute Gasteiger partial charge is 0.227 e. The van der Waals surface area contributed by atoms with E-state index in [9.17, 15) is 4.79 Å². The lowest BCUT2D eigenvalue weighted by atomic mass is 9.79. The molecule has 3 N–H and O–H groups in total. The van der Waals surface area contributed by atoms with Gasteiger partial charge in [0, 0.05) is 32.8 Å². The fourth-order valence-corrected chi connectivity index (χ4v) is 3.09. The van der Waals surface area contributed by atoms with Gasteiger partial charge in [0.15, 0.2) is 0 Å². The van der Waals surface area contributed by atoms with Gasteiger partial charge in [-0.05, 0) is 44.7 Å². The van der Waals surface area contributed by atoms with E-state index in [1.807, 2.05) is 0 Å². The Hall–Kier alpha value is -0.650. The SMILES string of the molecule is CC1CCN(CCNC(=O)C2(CN)CCOCC2)CC1. The number of hydrogen-bond donors (Lipinski definition) is 2. The number of carbonyl (C=O) groups is 1. The molecule has 0 aromatic rings. The first-order chi connectivity index (χ1) is 9.66. The van der Waals surface area contributed by atoms with Crippen LogP contribution in [0, 0.1) is 11.3 Å². The Morgan fingerprint density at radius 1 is 1.35 bits per heavy atom. The normalized spacial score (nSPS) is 24.5. The molecule has 1 amide bonds. The summed E-state index contributed by atoms with van der Waals surface area (Å²) in [5, 5.41) is 3.09. The molecule has 0 bridgehead atoms. The molecule has 0 radical (unpaired) electrons. The van der Waals surface area contributed by atoms with E-state index in [1.165, 1.54) is 12.8 Å². The minimum atomic E-state index is -0.394. The number of nitrogens with two attached hydrogens (primary N) is 1. The quantitative estimate of drug-likeness (QED) is 0.775. The maximum atomic E-state index is 12.4. The zero-order chi connectivity index (χ0) is 14.4. The third kappa shape index (κ3) is 3.93. The van der Waals surface area contributed by atoms with Crippen molar-refractivity contribution in [3.63, 3.8) is 0 Å². The Kier molecular flexibility index (Phi) is 5.81. The molecule has 5 nitrogen and oxygen atoms in total. The van der Waals surface area contributed by atoms with E-state index in [0.717, 1.165) is 44.9 Å². The van der Waals surface area contributed by atoms with Crippen LogP contribution in [0.25, 0.3) is 0 Å². The molecule has 0 aromatic heterocycles. The molecule has 0 aliphatic carbocycles. The van der Waals surface area contributed by atoms with Crippen molar-refractivity contribution < 1.29 is 9.53 Å². The minimum absolute atomic E-state index is 0.119. The minimum Gasteiger partial charge on any atom is -0.381 e. The van der Waals surface area contributed by atoms with Crippen LogP contribution in [-0.2, 0) is 9.53 Å².